The van der Waals surface area contributed by atoms with Crippen LogP contribution in [-0.2, 0) is 33.2 Å². The van der Waals surface area contributed by atoms with Crippen molar-refractivity contribution in [2.45, 2.75) is 240 Å². The van der Waals surface area contributed by atoms with Gasteiger partial charge in [0.05, 0.1) is 38.6 Å². The number of ether oxygens (including phenoxy) is 6. The average molecular weight is 952 g/mol. The standard InChI is InChI=1S/C47H85NO18/c1-3-5-7-9-11-13-14-15-16-17-19-21-23-25-35(53)48-30(31(52)24-22-20-18-12-10-8-6-4-2)29-61-45-41(59)38(56)43(33(27-50)63-45)66-47-42(60)39(57)44(34(28-51)64-47)65-46-40(58)37(55)36(54)32(26-49)62-46/h13-14,22,24,30-34,36-47,49-52,54-60H,3-12,15-21,23,25-29H2,1-2H3,(H,48,53)/b14-13-,24-22+. The van der Waals surface area contributed by atoms with Crippen LogP contribution >= 0.6 is 0 Å². The summed E-state index contributed by atoms with van der Waals surface area (Å²) < 4.78 is 34.0. The number of rotatable bonds is 33. The molecule has 3 saturated heterocycles. The first-order valence-corrected chi connectivity index (χ1v) is 24.6. The monoisotopic (exact) mass is 952 g/mol. The second-order valence-corrected chi connectivity index (χ2v) is 17.9. The maximum atomic E-state index is 13.1. The molecular formula is C47H85NO18. The fraction of sp³-hybridized carbons (Fsp3) is 0.894. The molecule has 0 aromatic rings. The fourth-order valence-corrected chi connectivity index (χ4v) is 8.30. The van der Waals surface area contributed by atoms with Crippen molar-refractivity contribution < 1.29 is 89.4 Å². The van der Waals surface area contributed by atoms with Crippen LogP contribution in [-0.4, -0.2) is 193 Å². The van der Waals surface area contributed by atoms with Gasteiger partial charge in [-0.1, -0.05) is 109 Å². The normalized spacial score (nSPS) is 34.0. The molecule has 12 N–H and O–H groups in total. The maximum Gasteiger partial charge on any atom is 0.220 e. The number of aliphatic hydroxyl groups is 11. The second kappa shape index (κ2) is 33.0. The number of aliphatic hydroxyl groups excluding tert-OH is 11. The molecule has 3 rings (SSSR count). The third-order valence-electron chi connectivity index (χ3n) is 12.5. The van der Waals surface area contributed by atoms with Gasteiger partial charge >= 0.3 is 0 Å². The van der Waals surface area contributed by atoms with E-state index in [1.807, 2.05) is 6.08 Å². The predicted octanol–water partition coefficient (Wildman–Crippen LogP) is 0.861. The van der Waals surface area contributed by atoms with E-state index in [4.69, 9.17) is 28.4 Å². The summed E-state index contributed by atoms with van der Waals surface area (Å²) in [7, 11) is 0. The molecule has 19 heteroatoms. The number of allylic oxidation sites excluding steroid dienone is 3. The highest BCUT2D eigenvalue weighted by atomic mass is 16.8. The Hall–Kier alpha value is -1.73. The van der Waals surface area contributed by atoms with Gasteiger partial charge in [-0.25, -0.2) is 0 Å². The lowest BCUT2D eigenvalue weighted by Gasteiger charge is -2.48. The number of carbonyl (C=O) groups excluding carboxylic acids is 1. The van der Waals surface area contributed by atoms with Crippen LogP contribution in [0.3, 0.4) is 0 Å². The van der Waals surface area contributed by atoms with Gasteiger partial charge in [0.1, 0.15) is 73.2 Å². The Kier molecular flexibility index (Phi) is 29.3. The van der Waals surface area contributed by atoms with E-state index in [-0.39, 0.29) is 18.9 Å². The first-order chi connectivity index (χ1) is 31.8. The molecule has 0 aromatic heterocycles. The van der Waals surface area contributed by atoms with Crippen molar-refractivity contribution in [3.05, 3.63) is 24.3 Å². The van der Waals surface area contributed by atoms with E-state index in [0.29, 0.717) is 6.42 Å². The highest BCUT2D eigenvalue weighted by molar-refractivity contribution is 5.76. The molecule has 3 fully saturated rings. The number of carbonyl (C=O) groups is 1. The Balaban J connectivity index is 1.57. The molecule has 0 saturated carbocycles. The Morgan fingerprint density at radius 1 is 0.530 bits per heavy atom. The molecule has 3 heterocycles. The Bertz CT molecular complexity index is 1330. The van der Waals surface area contributed by atoms with Gasteiger partial charge in [-0.3, -0.25) is 4.79 Å². The highest BCUT2D eigenvalue weighted by Gasteiger charge is 2.53. The summed E-state index contributed by atoms with van der Waals surface area (Å²) in [5.74, 6) is -0.292. The molecule has 17 unspecified atom stereocenters. The third kappa shape index (κ3) is 19.2. The second-order valence-electron chi connectivity index (χ2n) is 17.9. The zero-order chi connectivity index (χ0) is 48.4. The van der Waals surface area contributed by atoms with Gasteiger partial charge < -0.3 is 89.9 Å². The van der Waals surface area contributed by atoms with Crippen LogP contribution in [0.2, 0.25) is 0 Å². The van der Waals surface area contributed by atoms with Gasteiger partial charge in [0.15, 0.2) is 18.9 Å². The SMILES string of the molecule is CCCCCC/C=C\CCCCCCCC(=O)NC(COC1OC(CO)C(OC2OC(CO)C(OC3OC(CO)C(O)C(O)C3O)C(O)C2O)C(O)C1O)C(O)/C=C/CCCCCCCC. The first kappa shape index (κ1) is 58.6. The van der Waals surface area contributed by atoms with Crippen LogP contribution in [0.4, 0.5) is 0 Å². The van der Waals surface area contributed by atoms with Gasteiger partial charge in [0, 0.05) is 6.42 Å². The topological polar surface area (TPSA) is 307 Å². The smallest absolute Gasteiger partial charge is 0.220 e. The van der Waals surface area contributed by atoms with Crippen LogP contribution in [0.15, 0.2) is 24.3 Å². The summed E-state index contributed by atoms with van der Waals surface area (Å²) >= 11 is 0. The molecule has 0 aliphatic carbocycles. The lowest BCUT2D eigenvalue weighted by Crippen LogP contribution is -2.66. The van der Waals surface area contributed by atoms with Gasteiger partial charge in [0.25, 0.3) is 0 Å². The van der Waals surface area contributed by atoms with Crippen LogP contribution in [0.1, 0.15) is 136 Å². The van der Waals surface area contributed by atoms with Gasteiger partial charge in [-0.15, -0.1) is 0 Å². The number of hydrogen-bond donors (Lipinski definition) is 12. The number of amides is 1. The van der Waals surface area contributed by atoms with Crippen LogP contribution in [0, 0.1) is 0 Å². The van der Waals surface area contributed by atoms with Gasteiger partial charge in [-0.2, -0.15) is 0 Å². The van der Waals surface area contributed by atoms with E-state index in [1.165, 1.54) is 38.5 Å². The molecule has 66 heavy (non-hydrogen) atoms. The van der Waals surface area contributed by atoms with E-state index in [0.717, 1.165) is 70.6 Å². The van der Waals surface area contributed by atoms with Crippen molar-refractivity contribution in [2.75, 3.05) is 26.4 Å². The van der Waals surface area contributed by atoms with Crippen molar-refractivity contribution in [3.8, 4) is 0 Å². The summed E-state index contributed by atoms with van der Waals surface area (Å²) in [6.07, 6.45) is 0.704. The fourth-order valence-electron chi connectivity index (χ4n) is 8.30. The van der Waals surface area contributed by atoms with Crippen molar-refractivity contribution in [2.24, 2.45) is 0 Å². The minimum atomic E-state index is -1.97. The number of nitrogens with one attached hydrogen (secondary N) is 1. The van der Waals surface area contributed by atoms with Crippen molar-refractivity contribution >= 4 is 5.91 Å². The molecule has 0 aromatic carbocycles. The van der Waals surface area contributed by atoms with E-state index in [1.54, 1.807) is 6.08 Å². The summed E-state index contributed by atoms with van der Waals surface area (Å²) in [6, 6.07) is -0.970. The van der Waals surface area contributed by atoms with Crippen molar-refractivity contribution in [3.63, 3.8) is 0 Å². The summed E-state index contributed by atoms with van der Waals surface area (Å²) in [5, 5.41) is 119. The molecule has 386 valence electrons. The molecule has 1 amide bonds. The zero-order valence-corrected chi connectivity index (χ0v) is 39.2. The average Bonchev–Trinajstić information content (AvgIpc) is 3.31. The van der Waals surface area contributed by atoms with Crippen molar-refractivity contribution in [1.29, 1.82) is 0 Å². The maximum absolute atomic E-state index is 13.1. The van der Waals surface area contributed by atoms with Crippen LogP contribution < -0.4 is 5.32 Å². The molecule has 0 radical (unpaired) electrons. The zero-order valence-electron chi connectivity index (χ0n) is 39.2. The van der Waals surface area contributed by atoms with E-state index < -0.39 is 124 Å². The minimum Gasteiger partial charge on any atom is -0.394 e. The Labute approximate surface area is 390 Å². The summed E-state index contributed by atoms with van der Waals surface area (Å²) in [5.41, 5.74) is 0. The molecular weight excluding hydrogens is 867 g/mol. The molecule has 0 spiro atoms. The quantitative estimate of drug-likeness (QED) is 0.0321. The van der Waals surface area contributed by atoms with Crippen LogP contribution in [0.5, 0.6) is 0 Å². The van der Waals surface area contributed by atoms with Gasteiger partial charge in [0.2, 0.25) is 5.91 Å². The predicted molar refractivity (Wildman–Crippen MR) is 240 cm³/mol. The lowest BCUT2D eigenvalue weighted by atomic mass is 9.96. The highest BCUT2D eigenvalue weighted by Crippen LogP contribution is 2.33. The minimum absolute atomic E-state index is 0.233. The molecule has 3 aliphatic heterocycles. The number of unbranched alkanes of at least 4 members (excludes halogenated alkanes) is 15. The molecule has 3 aliphatic rings. The molecule has 17 atom stereocenters. The third-order valence-corrected chi connectivity index (χ3v) is 12.5. The first-order valence-electron chi connectivity index (χ1n) is 24.6. The van der Waals surface area contributed by atoms with Crippen molar-refractivity contribution in [1.82, 2.24) is 5.32 Å². The van der Waals surface area contributed by atoms with E-state index in [9.17, 15) is 61.0 Å². The van der Waals surface area contributed by atoms with Gasteiger partial charge in [-0.05, 0) is 44.9 Å². The Morgan fingerprint density at radius 2 is 0.955 bits per heavy atom. The van der Waals surface area contributed by atoms with Crippen LogP contribution in [0.25, 0.3) is 0 Å². The molecule has 0 bridgehead atoms. The van der Waals surface area contributed by atoms with E-state index >= 15 is 0 Å². The largest absolute Gasteiger partial charge is 0.394 e. The lowest BCUT2D eigenvalue weighted by molar-refractivity contribution is -0.379. The Morgan fingerprint density at radius 3 is 1.48 bits per heavy atom. The number of hydrogen-bond acceptors (Lipinski definition) is 18. The molecule has 19 nitrogen and oxygen atoms in total. The van der Waals surface area contributed by atoms with E-state index in [2.05, 4.69) is 31.3 Å². The summed E-state index contributed by atoms with van der Waals surface area (Å²) in [4.78, 5) is 13.1. The summed E-state index contributed by atoms with van der Waals surface area (Å²) in [6.45, 7) is 1.59.